The van der Waals surface area contributed by atoms with Gasteiger partial charge in [-0.2, -0.15) is 8.42 Å². The summed E-state index contributed by atoms with van der Waals surface area (Å²) in [6.45, 7) is 12.6. The van der Waals surface area contributed by atoms with Gasteiger partial charge in [-0.05, 0) is 58.3 Å². The predicted octanol–water partition coefficient (Wildman–Crippen LogP) is 7.50. The van der Waals surface area contributed by atoms with Crippen molar-refractivity contribution in [1.29, 1.82) is 0 Å². The van der Waals surface area contributed by atoms with Crippen molar-refractivity contribution in [3.05, 3.63) is 101 Å². The fourth-order valence-corrected chi connectivity index (χ4v) is 13.2. The second-order valence-corrected chi connectivity index (χ2v) is 18.8. The molecule has 0 amide bonds. The maximum Gasteiger partial charge on any atom is 0.320 e. The van der Waals surface area contributed by atoms with Gasteiger partial charge in [0.25, 0.3) is 0 Å². The summed E-state index contributed by atoms with van der Waals surface area (Å²) in [5.41, 5.74) is 2.77. The Bertz CT molecular complexity index is 1790. The number of benzene rings is 3. The van der Waals surface area contributed by atoms with Crippen LogP contribution in [-0.2, 0) is 26.9 Å². The molecule has 0 spiro atoms. The highest BCUT2D eigenvalue weighted by molar-refractivity contribution is 7.86. The smallest absolute Gasteiger partial charge is 0.320 e. The molecule has 2 unspecified atom stereocenters. The number of ether oxygens (including phenoxy) is 1. The number of carbonyl (C=O) groups is 1. The Balaban J connectivity index is 1.43. The van der Waals surface area contributed by atoms with E-state index in [-0.39, 0.29) is 39.6 Å². The van der Waals surface area contributed by atoms with Gasteiger partial charge in [0.2, 0.25) is 5.37 Å². The highest BCUT2D eigenvalue weighted by Gasteiger charge is 2.77. The molecule has 3 saturated heterocycles. The summed E-state index contributed by atoms with van der Waals surface area (Å²) < 4.78 is 46.3. The quantitative estimate of drug-likeness (QED) is 0.168. The number of hydrogen-bond acceptors (Lipinski definition) is 5. The van der Waals surface area contributed by atoms with Gasteiger partial charge in [0.05, 0.1) is 32.2 Å². The zero-order valence-corrected chi connectivity index (χ0v) is 31.4. The average molecular weight is 700 g/mol. The first-order chi connectivity index (χ1) is 23.6. The van der Waals surface area contributed by atoms with Gasteiger partial charge in [-0.3, -0.25) is 9.35 Å². The molecule has 3 aromatic rings. The summed E-state index contributed by atoms with van der Waals surface area (Å²) in [7, 11) is -2.98. The molecule has 5 atom stereocenters. The zero-order chi connectivity index (χ0) is 35.7. The Morgan fingerprint density at radius 3 is 2.02 bits per heavy atom. The number of hydrogen-bond donors (Lipinski definition) is 2. The van der Waals surface area contributed by atoms with Crippen LogP contribution in [0.5, 0.6) is 5.75 Å². The van der Waals surface area contributed by atoms with Gasteiger partial charge in [-0.25, -0.2) is 0 Å². The molecule has 7 nitrogen and oxygen atoms in total. The van der Waals surface area contributed by atoms with Crippen LogP contribution in [-0.4, -0.2) is 60.9 Å². The van der Waals surface area contributed by atoms with Crippen molar-refractivity contribution < 1.29 is 27.0 Å². The molecule has 4 bridgehead atoms. The van der Waals surface area contributed by atoms with Crippen LogP contribution in [0.3, 0.4) is 0 Å². The lowest BCUT2D eigenvalue weighted by Crippen LogP contribution is -2.81. The fraction of sp³-hybridized carbons (Fsp3) is 0.548. The van der Waals surface area contributed by atoms with Crippen LogP contribution in [0.15, 0.2) is 78.9 Å². The molecule has 8 heteroatoms. The van der Waals surface area contributed by atoms with Crippen molar-refractivity contribution in [2.24, 2.45) is 22.7 Å². The second-order valence-electron chi connectivity index (χ2n) is 17.3. The predicted molar refractivity (Wildman–Crippen MR) is 197 cm³/mol. The van der Waals surface area contributed by atoms with Gasteiger partial charge in [0.15, 0.2) is 0 Å². The number of Topliss-reactive ketones (excluding diaryl/α,β-unsaturated/α-hetero) is 1. The van der Waals surface area contributed by atoms with Gasteiger partial charge in [0, 0.05) is 31.4 Å². The Morgan fingerprint density at radius 1 is 0.940 bits per heavy atom. The van der Waals surface area contributed by atoms with Crippen LogP contribution in [0.4, 0.5) is 0 Å². The number of quaternary nitrogens is 1. The van der Waals surface area contributed by atoms with Crippen LogP contribution >= 0.6 is 0 Å². The molecule has 3 aromatic carbocycles. The van der Waals surface area contributed by atoms with Gasteiger partial charge < -0.3 is 14.5 Å². The number of ketones is 1. The summed E-state index contributed by atoms with van der Waals surface area (Å²) in [5, 5.41) is 2.79. The molecule has 8 rings (SSSR count). The van der Waals surface area contributed by atoms with Crippen molar-refractivity contribution >= 4 is 15.9 Å². The summed E-state index contributed by atoms with van der Waals surface area (Å²) in [6, 6.07) is 26.9. The third-order valence-electron chi connectivity index (χ3n) is 13.8. The molecule has 5 aliphatic rings. The van der Waals surface area contributed by atoms with Crippen molar-refractivity contribution in [2.45, 2.75) is 102 Å². The number of piperidine rings is 3. The minimum atomic E-state index is -4.69. The van der Waals surface area contributed by atoms with E-state index in [1.165, 1.54) is 5.56 Å². The Labute approximate surface area is 299 Å². The third kappa shape index (κ3) is 5.48. The third-order valence-corrected chi connectivity index (χ3v) is 15.2. The number of methoxy groups -OCH3 is 1. The molecule has 0 radical (unpaired) electrons. The first-order valence-corrected chi connectivity index (χ1v) is 20.0. The normalized spacial score (nSPS) is 30.9. The van der Waals surface area contributed by atoms with E-state index in [9.17, 15) is 17.8 Å². The number of rotatable bonds is 10. The van der Waals surface area contributed by atoms with Crippen molar-refractivity contribution in [2.75, 3.05) is 20.2 Å². The van der Waals surface area contributed by atoms with E-state index in [2.05, 4.69) is 101 Å². The number of nitrogens with one attached hydrogen (secondary N) is 1. The molecular weight excluding hydrogens is 645 g/mol. The molecule has 3 heterocycles. The maximum absolute atomic E-state index is 14.4. The summed E-state index contributed by atoms with van der Waals surface area (Å²) in [5.74, 6) is 1.08. The van der Waals surface area contributed by atoms with E-state index in [0.717, 1.165) is 41.7 Å². The molecule has 3 aliphatic heterocycles. The van der Waals surface area contributed by atoms with E-state index < -0.39 is 26.3 Å². The lowest BCUT2D eigenvalue weighted by Gasteiger charge is -2.64. The minimum absolute atomic E-state index is 0.0181. The molecule has 2 aliphatic carbocycles. The topological polar surface area (TPSA) is 92.7 Å². The van der Waals surface area contributed by atoms with E-state index >= 15 is 0 Å². The van der Waals surface area contributed by atoms with Gasteiger partial charge in [-0.15, -0.1) is 0 Å². The monoisotopic (exact) mass is 699 g/mol. The Morgan fingerprint density at radius 2 is 1.54 bits per heavy atom. The largest absolute Gasteiger partial charge is 0.496 e. The Hall–Kier alpha value is -3.04. The number of fused-ring (bicyclic) bond motifs is 5. The van der Waals surface area contributed by atoms with Gasteiger partial charge >= 0.3 is 10.1 Å². The average Bonchev–Trinajstić information content (AvgIpc) is 3.43. The molecule has 0 aromatic heterocycles. The van der Waals surface area contributed by atoms with E-state index in [1.54, 1.807) is 7.11 Å². The summed E-state index contributed by atoms with van der Waals surface area (Å²) in [4.78, 5) is 14.4. The summed E-state index contributed by atoms with van der Waals surface area (Å²) >= 11 is 0. The molecule has 50 heavy (non-hydrogen) atoms. The first kappa shape index (κ1) is 35.4. The van der Waals surface area contributed by atoms with E-state index in [4.69, 9.17) is 4.74 Å². The SMILES string of the molecule is COc1ccc(C(C)(C)C)cc1CN[C@H]1C2CC[N+]([C@@H](C34CCC(CC3=O)C4(C)C)S(=O)(=O)O)(CC2)[C@H]1C(c1ccccc1)c1ccccc1. The first-order valence-electron chi connectivity index (χ1n) is 18.5. The van der Waals surface area contributed by atoms with Crippen LogP contribution in [0.25, 0.3) is 0 Å². The van der Waals surface area contributed by atoms with Crippen molar-refractivity contribution in [3.63, 3.8) is 0 Å². The zero-order valence-electron chi connectivity index (χ0n) is 30.6. The lowest BCUT2D eigenvalue weighted by molar-refractivity contribution is -0.983. The maximum atomic E-state index is 14.4. The lowest BCUT2D eigenvalue weighted by atomic mass is 9.63. The van der Waals surface area contributed by atoms with Crippen LogP contribution in [0.2, 0.25) is 0 Å². The van der Waals surface area contributed by atoms with Crippen molar-refractivity contribution in [3.8, 4) is 5.75 Å². The van der Waals surface area contributed by atoms with Crippen molar-refractivity contribution in [1.82, 2.24) is 5.32 Å². The second kappa shape index (κ2) is 12.6. The number of carbonyl (C=O) groups excluding carboxylic acids is 1. The van der Waals surface area contributed by atoms with E-state index in [1.807, 2.05) is 18.2 Å². The van der Waals surface area contributed by atoms with Crippen LogP contribution in [0, 0.1) is 22.7 Å². The van der Waals surface area contributed by atoms with Crippen LogP contribution < -0.4 is 10.1 Å². The fourth-order valence-electron chi connectivity index (χ4n) is 11.3. The molecular formula is C42H55N2O5S+. The Kier molecular flexibility index (Phi) is 8.89. The minimum Gasteiger partial charge on any atom is -0.496 e. The van der Waals surface area contributed by atoms with E-state index in [0.29, 0.717) is 38.4 Å². The van der Waals surface area contributed by atoms with Gasteiger partial charge in [0.1, 0.15) is 23.0 Å². The standard InChI is InChI=1S/C42H54N2O5S/c1-40(2,3)32-17-18-34(49-6)31(25-32)27-43-37-30-20-23-44(24-21-30,38(37)36(28-13-9-7-10-14-28)29-15-11-8-12-16-29)39(50(46,47)48)42-22-19-33(26-35(42)45)41(42,4)5/h7-18,25,30,33,36-39,43H,19-24,26-27H2,1-6H3/p+1/t30?,33?,37-,38-,39+,42?,44?/m0/s1. The summed E-state index contributed by atoms with van der Waals surface area (Å²) in [6.07, 6.45) is 3.34. The number of nitrogens with zero attached hydrogens (tertiary/aromatic N) is 1. The molecule has 2 N–H and O–H groups in total. The highest BCUT2D eigenvalue weighted by atomic mass is 32.2. The van der Waals surface area contributed by atoms with Gasteiger partial charge in [-0.1, -0.05) is 107 Å². The molecule has 268 valence electrons. The molecule has 2 saturated carbocycles. The molecule has 5 fully saturated rings. The van der Waals surface area contributed by atoms with Crippen LogP contribution in [0.1, 0.15) is 94.9 Å². The highest BCUT2D eigenvalue weighted by Crippen LogP contribution is 2.69.